The van der Waals surface area contributed by atoms with Gasteiger partial charge in [0.25, 0.3) is 6.29 Å². The van der Waals surface area contributed by atoms with Crippen LogP contribution < -0.4 is 4.74 Å². The van der Waals surface area contributed by atoms with Gasteiger partial charge in [0.2, 0.25) is 0 Å². The number of alkyl halides is 3. The second kappa shape index (κ2) is 13.2. The topological polar surface area (TPSA) is 93.5 Å². The highest BCUT2D eigenvalue weighted by Gasteiger charge is 2.47. The summed E-state index contributed by atoms with van der Waals surface area (Å²) in [6, 6.07) is 13.0. The smallest absolute Gasteiger partial charge is 0.405 e. The van der Waals surface area contributed by atoms with E-state index in [2.05, 4.69) is 19.9 Å². The van der Waals surface area contributed by atoms with Gasteiger partial charge in [-0.15, -0.1) is 13.2 Å². The van der Waals surface area contributed by atoms with Gasteiger partial charge in [-0.2, -0.15) is 0 Å². The summed E-state index contributed by atoms with van der Waals surface area (Å²) in [6.45, 7) is 4.22. The molecule has 1 saturated heterocycles. The summed E-state index contributed by atoms with van der Waals surface area (Å²) in [5, 5.41) is 4.10. The Balaban J connectivity index is 1.47. The van der Waals surface area contributed by atoms with Crippen LogP contribution in [0.4, 0.5) is 13.2 Å². The van der Waals surface area contributed by atoms with Gasteiger partial charge >= 0.3 is 6.36 Å². The van der Waals surface area contributed by atoms with Gasteiger partial charge in [-0.1, -0.05) is 41.6 Å². The fourth-order valence-electron chi connectivity index (χ4n) is 4.46. The van der Waals surface area contributed by atoms with E-state index in [1.807, 2.05) is 19.9 Å². The van der Waals surface area contributed by atoms with E-state index < -0.39 is 24.9 Å². The normalized spacial score (nSPS) is 23.3. The average Bonchev–Trinajstić information content (AvgIpc) is 2.93. The number of methoxy groups -OCH3 is 2. The molecule has 0 aliphatic carbocycles. The van der Waals surface area contributed by atoms with Gasteiger partial charge in [0.15, 0.2) is 11.9 Å². The van der Waals surface area contributed by atoms with E-state index in [0.717, 1.165) is 0 Å². The maximum Gasteiger partial charge on any atom is 0.573 e. The van der Waals surface area contributed by atoms with Crippen LogP contribution in [0.3, 0.4) is 0 Å². The summed E-state index contributed by atoms with van der Waals surface area (Å²) >= 11 is 0. The molecule has 0 saturated carbocycles. The molecule has 0 bridgehead atoms. The van der Waals surface area contributed by atoms with Crippen molar-refractivity contribution in [3.05, 3.63) is 66.5 Å². The van der Waals surface area contributed by atoms with Crippen molar-refractivity contribution in [2.45, 2.75) is 50.9 Å². The first-order chi connectivity index (χ1) is 19.2. The maximum absolute atomic E-state index is 12.8. The third-order valence-corrected chi connectivity index (χ3v) is 6.22. The molecule has 1 aliphatic rings. The highest BCUT2D eigenvalue weighted by molar-refractivity contribution is 5.81. The van der Waals surface area contributed by atoms with E-state index in [1.54, 1.807) is 38.5 Å². The molecular formula is C28H30F3N3O6. The van der Waals surface area contributed by atoms with E-state index in [4.69, 9.17) is 23.8 Å². The highest BCUT2D eigenvalue weighted by atomic mass is 19.4. The molecule has 40 heavy (non-hydrogen) atoms. The number of oxime groups is 1. The van der Waals surface area contributed by atoms with Gasteiger partial charge in [-0.05, 0) is 31.5 Å². The molecule has 2 aromatic carbocycles. The molecule has 1 aliphatic heterocycles. The lowest BCUT2D eigenvalue weighted by Gasteiger charge is -2.42. The first kappa shape index (κ1) is 29.4. The Morgan fingerprint density at radius 1 is 0.950 bits per heavy atom. The summed E-state index contributed by atoms with van der Waals surface area (Å²) in [4.78, 5) is 14.3. The number of aromatic nitrogens is 2. The minimum absolute atomic E-state index is 0.224. The summed E-state index contributed by atoms with van der Waals surface area (Å²) in [7, 11) is 3.13. The Hall–Kier alpha value is -3.58. The predicted octanol–water partition coefficient (Wildman–Crippen LogP) is 5.24. The van der Waals surface area contributed by atoms with Crippen LogP contribution in [0.1, 0.15) is 19.4 Å². The number of ether oxygens (including phenoxy) is 5. The molecule has 2 heterocycles. The molecule has 5 atom stereocenters. The van der Waals surface area contributed by atoms with Crippen LogP contribution in [0, 0.1) is 0 Å². The fraction of sp³-hybridized carbons (Fsp3) is 0.393. The lowest BCUT2D eigenvalue weighted by molar-refractivity contribution is -0.308. The zero-order chi connectivity index (χ0) is 28.7. The minimum atomic E-state index is -4.81. The number of benzene rings is 2. The SMILES string of the molecule is CCO[C@@H]1[C@@H](OC)[C@H](C)O[C@@H](O/N=C/c2cccc(-c3ncc(-c4ccccc4OC(F)(F)F)cn3)c2)[C@@H]1OC. The number of hydrogen-bond acceptors (Lipinski definition) is 9. The largest absolute Gasteiger partial charge is 0.573 e. The monoisotopic (exact) mass is 561 g/mol. The molecule has 0 spiro atoms. The van der Waals surface area contributed by atoms with Crippen LogP contribution in [-0.4, -0.2) is 74.1 Å². The predicted molar refractivity (Wildman–Crippen MR) is 140 cm³/mol. The number of rotatable bonds is 10. The van der Waals surface area contributed by atoms with Crippen LogP contribution in [0.15, 0.2) is 66.1 Å². The number of para-hydroxylation sites is 1. The van der Waals surface area contributed by atoms with E-state index in [-0.39, 0.29) is 23.5 Å². The van der Waals surface area contributed by atoms with Crippen molar-refractivity contribution in [2.24, 2.45) is 5.16 Å². The van der Waals surface area contributed by atoms with Gasteiger partial charge in [0.1, 0.15) is 18.0 Å². The van der Waals surface area contributed by atoms with Crippen molar-refractivity contribution in [1.82, 2.24) is 9.97 Å². The van der Waals surface area contributed by atoms with Crippen LogP contribution in [-0.2, 0) is 23.8 Å². The Bertz CT molecular complexity index is 1270. The zero-order valence-corrected chi connectivity index (χ0v) is 22.4. The summed E-state index contributed by atoms with van der Waals surface area (Å²) in [6.07, 6.45) is -2.85. The van der Waals surface area contributed by atoms with Crippen LogP contribution in [0.2, 0.25) is 0 Å². The maximum atomic E-state index is 12.8. The quantitative estimate of drug-likeness (QED) is 0.245. The fourth-order valence-corrected chi connectivity index (χ4v) is 4.46. The Kier molecular flexibility index (Phi) is 9.69. The van der Waals surface area contributed by atoms with Crippen molar-refractivity contribution < 1.29 is 41.7 Å². The summed E-state index contributed by atoms with van der Waals surface area (Å²) in [5.41, 5.74) is 1.97. The lowest BCUT2D eigenvalue weighted by Crippen LogP contribution is -2.59. The van der Waals surface area contributed by atoms with Gasteiger partial charge in [0.05, 0.1) is 12.3 Å². The molecule has 214 valence electrons. The van der Waals surface area contributed by atoms with Crippen LogP contribution in [0.25, 0.3) is 22.5 Å². The van der Waals surface area contributed by atoms with Crippen molar-refractivity contribution in [3.8, 4) is 28.3 Å². The van der Waals surface area contributed by atoms with Crippen molar-refractivity contribution in [3.63, 3.8) is 0 Å². The van der Waals surface area contributed by atoms with Crippen molar-refractivity contribution in [2.75, 3.05) is 20.8 Å². The molecule has 0 amide bonds. The first-order valence-corrected chi connectivity index (χ1v) is 12.5. The number of hydrogen-bond donors (Lipinski definition) is 0. The first-order valence-electron chi connectivity index (χ1n) is 12.5. The molecular weight excluding hydrogens is 531 g/mol. The van der Waals surface area contributed by atoms with Gasteiger partial charge in [-0.3, -0.25) is 0 Å². The standard InChI is InChI=1S/C28H30F3N3O6/c1-5-37-24-23(35-3)17(2)38-27(25(24)36-4)40-34-14-18-9-8-10-19(13-18)26-32-15-20(16-33-26)21-11-6-7-12-22(21)39-28(29,30)31/h6-17,23-25,27H,5H2,1-4H3/b34-14+/t17-,23-,24+,25+,27-/m0/s1. The molecule has 9 nitrogen and oxygen atoms in total. The molecule has 3 aromatic rings. The lowest BCUT2D eigenvalue weighted by atomic mass is 9.99. The molecule has 4 rings (SSSR count). The Labute approximate surface area is 229 Å². The second-order valence-corrected chi connectivity index (χ2v) is 8.83. The van der Waals surface area contributed by atoms with E-state index >= 15 is 0 Å². The summed E-state index contributed by atoms with van der Waals surface area (Å²) in [5.74, 6) is 0.0464. The third kappa shape index (κ3) is 7.13. The molecule has 0 unspecified atom stereocenters. The number of nitrogens with zero attached hydrogens (tertiary/aromatic N) is 3. The third-order valence-electron chi connectivity index (χ3n) is 6.22. The van der Waals surface area contributed by atoms with Gasteiger partial charge < -0.3 is 28.5 Å². The molecule has 0 N–H and O–H groups in total. The van der Waals surface area contributed by atoms with Gasteiger partial charge in [0, 0.05) is 49.9 Å². The van der Waals surface area contributed by atoms with Crippen molar-refractivity contribution in [1.29, 1.82) is 0 Å². The van der Waals surface area contributed by atoms with Crippen molar-refractivity contribution >= 4 is 6.21 Å². The summed E-state index contributed by atoms with van der Waals surface area (Å²) < 4.78 is 65.4. The van der Waals surface area contributed by atoms with Gasteiger partial charge in [-0.25, -0.2) is 9.97 Å². The van der Waals surface area contributed by atoms with E-state index in [9.17, 15) is 13.2 Å². The van der Waals surface area contributed by atoms with E-state index in [1.165, 1.54) is 36.8 Å². The van der Waals surface area contributed by atoms with Crippen LogP contribution >= 0.6 is 0 Å². The molecule has 1 fully saturated rings. The minimum Gasteiger partial charge on any atom is -0.405 e. The van der Waals surface area contributed by atoms with E-state index in [0.29, 0.717) is 29.1 Å². The highest BCUT2D eigenvalue weighted by Crippen LogP contribution is 2.33. The molecule has 0 radical (unpaired) electrons. The Morgan fingerprint density at radius 3 is 2.35 bits per heavy atom. The van der Waals surface area contributed by atoms with Crippen LogP contribution in [0.5, 0.6) is 5.75 Å². The molecule has 12 heteroatoms. The average molecular weight is 562 g/mol. The zero-order valence-electron chi connectivity index (χ0n) is 22.4. The molecule has 1 aromatic heterocycles. The number of halogens is 3. The Morgan fingerprint density at radius 2 is 1.68 bits per heavy atom. The second-order valence-electron chi connectivity index (χ2n) is 8.83.